The summed E-state index contributed by atoms with van der Waals surface area (Å²) in [5.74, 6) is 0. The number of nitrogens with zero attached hydrogens (tertiary/aromatic N) is 1. The van der Waals surface area contributed by atoms with E-state index >= 15 is 0 Å². The fourth-order valence-electron chi connectivity index (χ4n) is 1.20. The van der Waals surface area contributed by atoms with Gasteiger partial charge in [-0.1, -0.05) is 19.6 Å². The fraction of sp³-hybridized carbons (Fsp3) is 0.857. The predicted molar refractivity (Wildman–Crippen MR) is 46.2 cm³/mol. The van der Waals surface area contributed by atoms with Crippen molar-refractivity contribution in [2.75, 3.05) is 13.7 Å². The van der Waals surface area contributed by atoms with E-state index in [1.807, 2.05) is 0 Å². The molecule has 11 heavy (non-hydrogen) atoms. The molecule has 3 nitrogen and oxygen atoms in total. The average molecular weight is 173 g/mol. The Hall–Kier alpha value is -0.513. The third kappa shape index (κ3) is 1.74. The second-order valence-corrected chi connectivity index (χ2v) is 9.40. The van der Waals surface area contributed by atoms with Crippen molar-refractivity contribution >= 4 is 14.2 Å². The summed E-state index contributed by atoms with van der Waals surface area (Å²) in [6.45, 7) is 7.70. The van der Waals surface area contributed by atoms with Gasteiger partial charge in [0.25, 0.3) is 0 Å². The first-order valence-electron chi connectivity index (χ1n) is 3.81. The van der Waals surface area contributed by atoms with Crippen LogP contribution in [0.5, 0.6) is 0 Å². The van der Waals surface area contributed by atoms with Crippen LogP contribution in [-0.2, 0) is 4.74 Å². The molecule has 0 bridgehead atoms. The van der Waals surface area contributed by atoms with Gasteiger partial charge >= 0.3 is 6.09 Å². The third-order valence-corrected chi connectivity index (χ3v) is 4.51. The lowest BCUT2D eigenvalue weighted by Gasteiger charge is -2.14. The van der Waals surface area contributed by atoms with Crippen LogP contribution >= 0.6 is 0 Å². The van der Waals surface area contributed by atoms with E-state index in [-0.39, 0.29) is 6.09 Å². The number of carbonyl (C=O) groups is 1. The van der Waals surface area contributed by atoms with Gasteiger partial charge in [0.1, 0.15) is 0 Å². The van der Waals surface area contributed by atoms with Gasteiger partial charge in [-0.2, -0.15) is 0 Å². The molecule has 0 aromatic rings. The summed E-state index contributed by atoms with van der Waals surface area (Å²) in [5, 5.41) is 0. The first-order valence-corrected chi connectivity index (χ1v) is 7.39. The third-order valence-electron chi connectivity index (χ3n) is 2.02. The Bertz CT molecular complexity index is 176. The Morgan fingerprint density at radius 3 is 2.36 bits per heavy atom. The molecule has 0 N–H and O–H groups in total. The first kappa shape index (κ1) is 8.58. The van der Waals surface area contributed by atoms with Crippen molar-refractivity contribution in [2.45, 2.75) is 25.3 Å². The van der Waals surface area contributed by atoms with Crippen LogP contribution in [0.4, 0.5) is 4.79 Å². The molecule has 0 radical (unpaired) electrons. The molecule has 64 valence electrons. The fourth-order valence-corrected chi connectivity index (χ4v) is 2.98. The van der Waals surface area contributed by atoms with Gasteiger partial charge in [-0.25, -0.2) is 4.79 Å². The summed E-state index contributed by atoms with van der Waals surface area (Å²) in [6, 6.07) is 0. The smallest absolute Gasteiger partial charge is 0.409 e. The van der Waals surface area contributed by atoms with E-state index in [4.69, 9.17) is 0 Å². The number of hydrogen-bond acceptors (Lipinski definition) is 2. The Labute approximate surface area is 68.3 Å². The summed E-state index contributed by atoms with van der Waals surface area (Å²) < 4.78 is 4.61. The predicted octanol–water partition coefficient (Wildman–Crippen LogP) is 1.31. The van der Waals surface area contributed by atoms with Gasteiger partial charge in [-0.15, -0.1) is 0 Å². The number of carbonyl (C=O) groups excluding carboxylic acids is 1. The van der Waals surface area contributed by atoms with E-state index in [2.05, 4.69) is 24.4 Å². The van der Waals surface area contributed by atoms with Crippen molar-refractivity contribution in [3.05, 3.63) is 0 Å². The molecule has 1 rings (SSSR count). The van der Waals surface area contributed by atoms with Gasteiger partial charge in [0.2, 0.25) is 0 Å². The standard InChI is InChI=1S/C7H15NO2Si/c1-10-7(9)8-5-6(8)11(2,3)4/h6H,5H2,1-4H3. The van der Waals surface area contributed by atoms with Crippen molar-refractivity contribution in [2.24, 2.45) is 0 Å². The molecule has 0 aliphatic carbocycles. The molecular formula is C7H15NO2Si. The van der Waals surface area contributed by atoms with Crippen molar-refractivity contribution in [1.29, 1.82) is 0 Å². The number of hydrogen-bond donors (Lipinski definition) is 0. The second-order valence-electron chi connectivity index (χ2n) is 4.00. The van der Waals surface area contributed by atoms with E-state index in [0.29, 0.717) is 5.67 Å². The van der Waals surface area contributed by atoms with E-state index in [1.165, 1.54) is 7.11 Å². The highest BCUT2D eigenvalue weighted by Crippen LogP contribution is 2.27. The maximum Gasteiger partial charge on any atom is 0.409 e. The van der Waals surface area contributed by atoms with Crippen LogP contribution in [-0.4, -0.2) is 38.4 Å². The van der Waals surface area contributed by atoms with Crippen LogP contribution in [0.25, 0.3) is 0 Å². The minimum atomic E-state index is -1.14. The zero-order chi connectivity index (χ0) is 8.65. The molecule has 0 aromatic heterocycles. The molecule has 1 aliphatic rings. The lowest BCUT2D eigenvalue weighted by Crippen LogP contribution is -2.33. The molecule has 0 spiro atoms. The van der Waals surface area contributed by atoms with Crippen molar-refractivity contribution < 1.29 is 9.53 Å². The molecule has 1 fully saturated rings. The monoisotopic (exact) mass is 173 g/mol. The van der Waals surface area contributed by atoms with Crippen LogP contribution in [0.3, 0.4) is 0 Å². The Kier molecular flexibility index (Phi) is 1.96. The minimum absolute atomic E-state index is 0.169. The van der Waals surface area contributed by atoms with Gasteiger partial charge in [-0.3, -0.25) is 0 Å². The molecule has 0 aromatic carbocycles. The first-order chi connectivity index (χ1) is 4.96. The number of ether oxygens (including phenoxy) is 1. The Morgan fingerprint density at radius 2 is 2.09 bits per heavy atom. The summed E-state index contributed by atoms with van der Waals surface area (Å²) in [4.78, 5) is 12.8. The lowest BCUT2D eigenvalue weighted by molar-refractivity contribution is 0.154. The van der Waals surface area contributed by atoms with E-state index < -0.39 is 8.07 Å². The topological polar surface area (TPSA) is 29.3 Å². The molecule has 1 saturated heterocycles. The van der Waals surface area contributed by atoms with Crippen LogP contribution in [0.2, 0.25) is 19.6 Å². The number of methoxy groups -OCH3 is 1. The van der Waals surface area contributed by atoms with Crippen molar-refractivity contribution in [3.63, 3.8) is 0 Å². The Morgan fingerprint density at radius 1 is 1.55 bits per heavy atom. The highest BCUT2D eigenvalue weighted by atomic mass is 28.3. The van der Waals surface area contributed by atoms with E-state index in [9.17, 15) is 4.79 Å². The summed E-state index contributed by atoms with van der Waals surface area (Å²) in [6.07, 6.45) is -0.169. The molecular weight excluding hydrogens is 158 g/mol. The molecule has 4 heteroatoms. The molecule has 1 unspecified atom stereocenters. The normalized spacial score (nSPS) is 23.3. The van der Waals surface area contributed by atoms with E-state index in [0.717, 1.165) is 6.54 Å². The molecule has 1 atom stereocenters. The zero-order valence-electron chi connectivity index (χ0n) is 7.55. The molecule has 1 amide bonds. The van der Waals surface area contributed by atoms with Crippen molar-refractivity contribution in [3.8, 4) is 0 Å². The second kappa shape index (κ2) is 2.51. The highest BCUT2D eigenvalue weighted by Gasteiger charge is 2.47. The van der Waals surface area contributed by atoms with Crippen molar-refractivity contribution in [1.82, 2.24) is 4.90 Å². The summed E-state index contributed by atoms with van der Waals surface area (Å²) in [5.41, 5.74) is 0.509. The average Bonchev–Trinajstić information content (AvgIpc) is 2.62. The number of amides is 1. The minimum Gasteiger partial charge on any atom is -0.453 e. The summed E-state index contributed by atoms with van der Waals surface area (Å²) >= 11 is 0. The SMILES string of the molecule is COC(=O)N1CC1[Si](C)(C)C. The van der Waals surface area contributed by atoms with E-state index in [1.54, 1.807) is 4.90 Å². The van der Waals surface area contributed by atoms with Crippen LogP contribution in [0.1, 0.15) is 0 Å². The largest absolute Gasteiger partial charge is 0.453 e. The van der Waals surface area contributed by atoms with Gasteiger partial charge in [0.05, 0.1) is 15.2 Å². The maximum absolute atomic E-state index is 11.0. The Balaban J connectivity index is 2.44. The maximum atomic E-state index is 11.0. The van der Waals surface area contributed by atoms with Gasteiger partial charge in [0, 0.05) is 12.2 Å². The number of rotatable bonds is 1. The molecule has 1 heterocycles. The lowest BCUT2D eigenvalue weighted by atomic mass is 11.0. The van der Waals surface area contributed by atoms with Crippen LogP contribution in [0, 0.1) is 0 Å². The molecule has 0 saturated carbocycles. The van der Waals surface area contributed by atoms with Gasteiger partial charge in [0.15, 0.2) is 0 Å². The van der Waals surface area contributed by atoms with Crippen LogP contribution in [0.15, 0.2) is 0 Å². The summed E-state index contributed by atoms with van der Waals surface area (Å²) in [7, 11) is 0.292. The quantitative estimate of drug-likeness (QED) is 0.442. The molecule has 1 aliphatic heterocycles. The van der Waals surface area contributed by atoms with Crippen LogP contribution < -0.4 is 0 Å². The highest BCUT2D eigenvalue weighted by molar-refractivity contribution is 6.78. The van der Waals surface area contributed by atoms with Gasteiger partial charge < -0.3 is 9.64 Å². The van der Waals surface area contributed by atoms with Gasteiger partial charge in [-0.05, 0) is 0 Å². The zero-order valence-corrected chi connectivity index (χ0v) is 8.55.